The Kier molecular flexibility index (Phi) is 2.14. The number of H-pyrrole nitrogens is 1. The molecule has 0 spiro atoms. The van der Waals surface area contributed by atoms with Gasteiger partial charge >= 0.3 is 0 Å². The van der Waals surface area contributed by atoms with E-state index in [0.717, 1.165) is 5.69 Å². The molecule has 0 amide bonds. The molecule has 1 atom stereocenters. The van der Waals surface area contributed by atoms with Crippen LogP contribution >= 0.6 is 0 Å². The molecule has 1 aliphatic carbocycles. The molecular formula is C10H17N3. The maximum atomic E-state index is 6.18. The first-order valence-electron chi connectivity index (χ1n) is 4.87. The maximum absolute atomic E-state index is 6.18. The first-order chi connectivity index (χ1) is 6.28. The van der Waals surface area contributed by atoms with Crippen molar-refractivity contribution in [3.8, 4) is 0 Å². The second-order valence-corrected chi connectivity index (χ2v) is 4.02. The zero-order chi connectivity index (χ0) is 9.31. The molecule has 1 saturated carbocycles. The number of aromatic nitrogens is 1. The molecule has 2 rings (SSSR count). The van der Waals surface area contributed by atoms with E-state index < -0.39 is 0 Å². The van der Waals surface area contributed by atoms with Crippen LogP contribution in [0.25, 0.3) is 0 Å². The molecule has 3 heteroatoms. The molecule has 1 aromatic heterocycles. The van der Waals surface area contributed by atoms with E-state index >= 15 is 0 Å². The summed E-state index contributed by atoms with van der Waals surface area (Å²) in [5.41, 5.74) is 13.2. The van der Waals surface area contributed by atoms with Crippen molar-refractivity contribution in [1.82, 2.24) is 4.98 Å². The lowest BCUT2D eigenvalue weighted by Crippen LogP contribution is -2.46. The van der Waals surface area contributed by atoms with Crippen molar-refractivity contribution in [2.24, 2.45) is 16.9 Å². The molecule has 1 fully saturated rings. The van der Waals surface area contributed by atoms with Crippen LogP contribution in [0.3, 0.4) is 0 Å². The van der Waals surface area contributed by atoms with Crippen molar-refractivity contribution >= 4 is 0 Å². The quantitative estimate of drug-likeness (QED) is 0.651. The molecule has 0 bridgehead atoms. The molecule has 13 heavy (non-hydrogen) atoms. The second-order valence-electron chi connectivity index (χ2n) is 4.02. The Labute approximate surface area is 78.5 Å². The van der Waals surface area contributed by atoms with Crippen LogP contribution < -0.4 is 11.5 Å². The fourth-order valence-corrected chi connectivity index (χ4v) is 2.14. The molecule has 3 nitrogen and oxygen atoms in total. The second kappa shape index (κ2) is 3.16. The van der Waals surface area contributed by atoms with E-state index in [4.69, 9.17) is 11.5 Å². The number of rotatable bonds is 3. The fourth-order valence-electron chi connectivity index (χ4n) is 2.14. The number of hydrogen-bond donors (Lipinski definition) is 3. The van der Waals surface area contributed by atoms with Crippen LogP contribution in [0.4, 0.5) is 0 Å². The van der Waals surface area contributed by atoms with E-state index in [-0.39, 0.29) is 11.5 Å². The average Bonchev–Trinajstić information content (AvgIpc) is 2.54. The molecule has 1 aromatic rings. The van der Waals surface area contributed by atoms with Gasteiger partial charge in [-0.3, -0.25) is 0 Å². The predicted octanol–water partition coefficient (Wildman–Crippen LogP) is 1.14. The summed E-state index contributed by atoms with van der Waals surface area (Å²) in [6.45, 7) is 0.702. The van der Waals surface area contributed by atoms with Gasteiger partial charge in [0, 0.05) is 17.3 Å². The van der Waals surface area contributed by atoms with Crippen molar-refractivity contribution in [2.45, 2.75) is 25.3 Å². The maximum Gasteiger partial charge on any atom is 0.0517 e. The fraction of sp³-hybridized carbons (Fsp3) is 0.600. The Bertz CT molecular complexity index is 256. The highest BCUT2D eigenvalue weighted by Crippen LogP contribution is 2.47. The first-order valence-corrected chi connectivity index (χ1v) is 4.87. The lowest BCUT2D eigenvalue weighted by atomic mass is 9.63. The third kappa shape index (κ3) is 1.28. The Balaban J connectivity index is 2.16. The topological polar surface area (TPSA) is 67.8 Å². The predicted molar refractivity (Wildman–Crippen MR) is 53.1 cm³/mol. The van der Waals surface area contributed by atoms with E-state index in [1.165, 1.54) is 19.3 Å². The van der Waals surface area contributed by atoms with Gasteiger partial charge in [-0.1, -0.05) is 6.42 Å². The van der Waals surface area contributed by atoms with Crippen LogP contribution in [0.5, 0.6) is 0 Å². The summed E-state index contributed by atoms with van der Waals surface area (Å²) in [7, 11) is 0. The standard InChI is InChI=1S/C10H17N3/c11-7-10(4-2-5-10)9(12)8-3-1-6-13-8/h1,3,6,9,13H,2,4-5,7,11-12H2. The monoisotopic (exact) mass is 179 g/mol. The minimum Gasteiger partial charge on any atom is -0.364 e. The minimum atomic E-state index is 0.0845. The van der Waals surface area contributed by atoms with Gasteiger partial charge in [-0.2, -0.15) is 0 Å². The van der Waals surface area contributed by atoms with Crippen molar-refractivity contribution in [1.29, 1.82) is 0 Å². The first kappa shape index (κ1) is 8.78. The smallest absolute Gasteiger partial charge is 0.0517 e. The largest absolute Gasteiger partial charge is 0.364 e. The van der Waals surface area contributed by atoms with Crippen molar-refractivity contribution in [3.63, 3.8) is 0 Å². The van der Waals surface area contributed by atoms with Gasteiger partial charge in [0.15, 0.2) is 0 Å². The molecule has 1 unspecified atom stereocenters. The van der Waals surface area contributed by atoms with Gasteiger partial charge in [0.25, 0.3) is 0 Å². The van der Waals surface area contributed by atoms with Crippen LogP contribution in [0.1, 0.15) is 31.0 Å². The molecule has 0 radical (unpaired) electrons. The lowest BCUT2D eigenvalue weighted by molar-refractivity contribution is 0.103. The van der Waals surface area contributed by atoms with Gasteiger partial charge in [0.1, 0.15) is 0 Å². The van der Waals surface area contributed by atoms with Gasteiger partial charge in [-0.05, 0) is 31.5 Å². The Hall–Kier alpha value is -0.800. The summed E-state index contributed by atoms with van der Waals surface area (Å²) in [5.74, 6) is 0. The van der Waals surface area contributed by atoms with E-state index in [9.17, 15) is 0 Å². The molecule has 5 N–H and O–H groups in total. The summed E-state index contributed by atoms with van der Waals surface area (Å²) >= 11 is 0. The molecular weight excluding hydrogens is 162 g/mol. The number of nitrogens with one attached hydrogen (secondary N) is 1. The van der Waals surface area contributed by atoms with Crippen LogP contribution in [0.15, 0.2) is 18.3 Å². The van der Waals surface area contributed by atoms with Gasteiger partial charge in [0.05, 0.1) is 6.04 Å². The highest BCUT2D eigenvalue weighted by molar-refractivity contribution is 5.14. The Morgan fingerprint density at radius 3 is 2.69 bits per heavy atom. The summed E-state index contributed by atoms with van der Waals surface area (Å²) in [6.07, 6.45) is 5.52. The number of hydrogen-bond acceptors (Lipinski definition) is 2. The van der Waals surface area contributed by atoms with Crippen LogP contribution in [-0.4, -0.2) is 11.5 Å². The molecule has 0 aromatic carbocycles. The van der Waals surface area contributed by atoms with Crippen LogP contribution in [-0.2, 0) is 0 Å². The third-order valence-electron chi connectivity index (χ3n) is 3.37. The molecule has 0 aliphatic heterocycles. The van der Waals surface area contributed by atoms with Crippen molar-refractivity contribution in [2.75, 3.05) is 6.54 Å². The Morgan fingerprint density at radius 2 is 2.31 bits per heavy atom. The summed E-state index contributed by atoms with van der Waals surface area (Å²) < 4.78 is 0. The number of aromatic amines is 1. The molecule has 1 aliphatic rings. The Morgan fingerprint density at radius 1 is 1.54 bits per heavy atom. The van der Waals surface area contributed by atoms with Gasteiger partial charge in [-0.15, -0.1) is 0 Å². The zero-order valence-corrected chi connectivity index (χ0v) is 7.79. The number of nitrogens with two attached hydrogens (primary N) is 2. The van der Waals surface area contributed by atoms with E-state index in [0.29, 0.717) is 6.54 Å². The minimum absolute atomic E-state index is 0.0845. The van der Waals surface area contributed by atoms with E-state index in [1.807, 2.05) is 18.3 Å². The third-order valence-corrected chi connectivity index (χ3v) is 3.37. The normalized spacial score (nSPS) is 22.3. The van der Waals surface area contributed by atoms with Gasteiger partial charge < -0.3 is 16.5 Å². The summed E-state index contributed by atoms with van der Waals surface area (Å²) in [4.78, 5) is 3.16. The van der Waals surface area contributed by atoms with Crippen molar-refractivity contribution < 1.29 is 0 Å². The van der Waals surface area contributed by atoms with Crippen LogP contribution in [0.2, 0.25) is 0 Å². The molecule has 1 heterocycles. The molecule has 0 saturated heterocycles. The van der Waals surface area contributed by atoms with Gasteiger partial charge in [-0.25, -0.2) is 0 Å². The SMILES string of the molecule is NCC1(C(N)c2ccc[nH]2)CCC1. The highest BCUT2D eigenvalue weighted by Gasteiger charge is 2.42. The lowest BCUT2D eigenvalue weighted by Gasteiger charge is -2.45. The van der Waals surface area contributed by atoms with E-state index in [2.05, 4.69) is 4.98 Å². The van der Waals surface area contributed by atoms with Crippen LogP contribution in [0, 0.1) is 5.41 Å². The van der Waals surface area contributed by atoms with Crippen molar-refractivity contribution in [3.05, 3.63) is 24.0 Å². The van der Waals surface area contributed by atoms with Gasteiger partial charge in [0.2, 0.25) is 0 Å². The average molecular weight is 179 g/mol. The highest BCUT2D eigenvalue weighted by atomic mass is 14.8. The zero-order valence-electron chi connectivity index (χ0n) is 7.79. The summed E-state index contributed by atoms with van der Waals surface area (Å²) in [5, 5.41) is 0. The summed E-state index contributed by atoms with van der Waals surface area (Å²) in [6, 6.07) is 4.11. The van der Waals surface area contributed by atoms with E-state index in [1.54, 1.807) is 0 Å². The molecule has 72 valence electrons.